The lowest BCUT2D eigenvalue weighted by Gasteiger charge is -2.24. The second-order valence-corrected chi connectivity index (χ2v) is 7.07. The molecule has 0 radical (unpaired) electrons. The Morgan fingerprint density at radius 1 is 0.962 bits per heavy atom. The van der Waals surface area contributed by atoms with Crippen LogP contribution in [0.3, 0.4) is 0 Å². The van der Waals surface area contributed by atoms with Gasteiger partial charge in [0.1, 0.15) is 17.7 Å². The fourth-order valence-corrected chi connectivity index (χ4v) is 3.33. The number of fused-ring (bicyclic) bond motifs is 1. The van der Waals surface area contributed by atoms with Gasteiger partial charge in [0.2, 0.25) is 0 Å². The van der Waals surface area contributed by atoms with Crippen molar-refractivity contribution in [3.8, 4) is 5.75 Å². The zero-order valence-corrected chi connectivity index (χ0v) is 15.4. The minimum atomic E-state index is 0.309. The molecule has 2 heterocycles. The van der Waals surface area contributed by atoms with Crippen LogP contribution in [0.5, 0.6) is 5.75 Å². The van der Waals surface area contributed by atoms with Crippen molar-refractivity contribution in [1.82, 2.24) is 10.3 Å². The number of hydrogen-bond donors (Lipinski definition) is 2. The van der Waals surface area contributed by atoms with E-state index in [2.05, 4.69) is 65.9 Å². The molecule has 1 aromatic heterocycles. The number of anilines is 2. The van der Waals surface area contributed by atoms with Crippen LogP contribution in [0.2, 0.25) is 0 Å². The van der Waals surface area contributed by atoms with Gasteiger partial charge in [-0.05, 0) is 92.7 Å². The van der Waals surface area contributed by atoms with Crippen molar-refractivity contribution < 1.29 is 4.74 Å². The van der Waals surface area contributed by atoms with Crippen LogP contribution >= 0.6 is 0 Å². The summed E-state index contributed by atoms with van der Waals surface area (Å²) in [5.41, 5.74) is 3.62. The number of nitrogens with one attached hydrogen (secondary N) is 2. The van der Waals surface area contributed by atoms with Crippen molar-refractivity contribution in [1.29, 1.82) is 0 Å². The lowest BCUT2D eigenvalue weighted by molar-refractivity contribution is 0.162. The Kier molecular flexibility index (Phi) is 4.76. The largest absolute Gasteiger partial charge is 0.490 e. The molecular weight excluding hydrogens is 322 g/mol. The number of aromatic nitrogens is 1. The monoisotopic (exact) mass is 347 g/mol. The molecule has 3 aromatic rings. The third-order valence-electron chi connectivity index (χ3n) is 5.06. The van der Waals surface area contributed by atoms with Gasteiger partial charge in [0, 0.05) is 17.3 Å². The number of nitrogens with zero attached hydrogens (tertiary/aromatic N) is 1. The van der Waals surface area contributed by atoms with Crippen LogP contribution < -0.4 is 15.4 Å². The third-order valence-corrected chi connectivity index (χ3v) is 5.06. The smallest absolute Gasteiger partial charge is 0.130 e. The number of hydrogen-bond acceptors (Lipinski definition) is 4. The van der Waals surface area contributed by atoms with E-state index >= 15 is 0 Å². The Hall–Kier alpha value is -2.59. The molecule has 0 unspecified atom stereocenters. The van der Waals surface area contributed by atoms with E-state index in [0.717, 1.165) is 54.0 Å². The predicted molar refractivity (Wildman–Crippen MR) is 107 cm³/mol. The van der Waals surface area contributed by atoms with Crippen molar-refractivity contribution in [2.75, 3.05) is 18.4 Å². The predicted octanol–water partition coefficient (Wildman–Crippen LogP) is 4.73. The van der Waals surface area contributed by atoms with Crippen molar-refractivity contribution >= 4 is 22.3 Å². The Morgan fingerprint density at radius 2 is 1.81 bits per heavy atom. The molecule has 0 atom stereocenters. The summed E-state index contributed by atoms with van der Waals surface area (Å²) in [5, 5.41) is 9.03. The zero-order valence-electron chi connectivity index (χ0n) is 15.4. The first-order valence-electron chi connectivity index (χ1n) is 9.29. The molecule has 1 aliphatic rings. The Labute approximate surface area is 154 Å². The molecule has 4 nitrogen and oxygen atoms in total. The topological polar surface area (TPSA) is 46.2 Å². The van der Waals surface area contributed by atoms with Crippen LogP contribution in [0.4, 0.5) is 11.5 Å². The Morgan fingerprint density at radius 3 is 2.62 bits per heavy atom. The fraction of sp³-hybridized carbons (Fsp3) is 0.318. The van der Waals surface area contributed by atoms with E-state index in [1.54, 1.807) is 0 Å². The Balaban J connectivity index is 1.55. The molecule has 1 aliphatic heterocycles. The summed E-state index contributed by atoms with van der Waals surface area (Å²) in [7, 11) is 0. The van der Waals surface area contributed by atoms with E-state index in [4.69, 9.17) is 4.74 Å². The molecule has 134 valence electrons. The lowest BCUT2D eigenvalue weighted by Crippen LogP contribution is -2.34. The van der Waals surface area contributed by atoms with Gasteiger partial charge in [-0.1, -0.05) is 6.07 Å². The van der Waals surface area contributed by atoms with Crippen LogP contribution in [0.1, 0.15) is 24.0 Å². The van der Waals surface area contributed by atoms with Gasteiger partial charge < -0.3 is 15.4 Å². The first kappa shape index (κ1) is 16.9. The number of piperidine rings is 1. The molecule has 4 heteroatoms. The van der Waals surface area contributed by atoms with E-state index in [1.807, 2.05) is 12.3 Å². The summed E-state index contributed by atoms with van der Waals surface area (Å²) in [5.74, 6) is 1.78. The van der Waals surface area contributed by atoms with Crippen LogP contribution in [-0.2, 0) is 0 Å². The minimum absolute atomic E-state index is 0.309. The van der Waals surface area contributed by atoms with Gasteiger partial charge >= 0.3 is 0 Å². The second kappa shape index (κ2) is 7.34. The van der Waals surface area contributed by atoms with Gasteiger partial charge in [0.15, 0.2) is 0 Å². The van der Waals surface area contributed by atoms with E-state index < -0.39 is 0 Å². The highest BCUT2D eigenvalue weighted by Crippen LogP contribution is 2.26. The number of benzene rings is 2. The van der Waals surface area contributed by atoms with Crippen LogP contribution in [0.25, 0.3) is 10.8 Å². The molecule has 1 fully saturated rings. The van der Waals surface area contributed by atoms with E-state index in [0.29, 0.717) is 6.10 Å². The maximum absolute atomic E-state index is 6.17. The number of pyridine rings is 1. The summed E-state index contributed by atoms with van der Waals surface area (Å²) >= 11 is 0. The average Bonchev–Trinajstić information content (AvgIpc) is 2.65. The molecule has 0 spiro atoms. The Bertz CT molecular complexity index is 916. The third kappa shape index (κ3) is 3.81. The highest BCUT2D eigenvalue weighted by atomic mass is 16.5. The van der Waals surface area contributed by atoms with E-state index in [1.165, 1.54) is 11.1 Å². The summed E-state index contributed by atoms with van der Waals surface area (Å²) in [6.07, 6.45) is 4.35. The van der Waals surface area contributed by atoms with Crippen LogP contribution in [-0.4, -0.2) is 24.2 Å². The van der Waals surface area contributed by atoms with Crippen LogP contribution in [0.15, 0.2) is 48.7 Å². The summed E-state index contributed by atoms with van der Waals surface area (Å²) in [6, 6.07) is 14.7. The van der Waals surface area contributed by atoms with Crippen molar-refractivity contribution in [2.45, 2.75) is 32.8 Å². The van der Waals surface area contributed by atoms with Gasteiger partial charge in [-0.2, -0.15) is 0 Å². The molecule has 2 N–H and O–H groups in total. The van der Waals surface area contributed by atoms with Gasteiger partial charge in [-0.25, -0.2) is 4.98 Å². The molecule has 0 saturated carbocycles. The molecule has 0 aliphatic carbocycles. The normalized spacial score (nSPS) is 15.2. The highest BCUT2D eigenvalue weighted by molar-refractivity contribution is 5.85. The highest BCUT2D eigenvalue weighted by Gasteiger charge is 2.14. The SMILES string of the molecule is Cc1ccc(Nc2cc3cc(OC4CCNCC4)ccc3cn2)cc1C. The summed E-state index contributed by atoms with van der Waals surface area (Å²) in [6.45, 7) is 6.31. The van der Waals surface area contributed by atoms with Crippen LogP contribution in [0, 0.1) is 13.8 Å². The number of aryl methyl sites for hydroxylation is 2. The second-order valence-electron chi connectivity index (χ2n) is 7.07. The lowest BCUT2D eigenvalue weighted by atomic mass is 10.1. The standard InChI is InChI=1S/C22H25N3O/c1-15-3-5-19(11-16(15)2)25-22-13-18-12-21(6-4-17(18)14-24-22)26-20-7-9-23-10-8-20/h3-6,11-14,20,23H,7-10H2,1-2H3,(H,24,25). The maximum Gasteiger partial charge on any atom is 0.130 e. The van der Waals surface area contributed by atoms with Crippen molar-refractivity contribution in [2.24, 2.45) is 0 Å². The van der Waals surface area contributed by atoms with Crippen molar-refractivity contribution in [3.05, 3.63) is 59.8 Å². The van der Waals surface area contributed by atoms with E-state index in [9.17, 15) is 0 Å². The molecule has 1 saturated heterocycles. The molecule has 0 amide bonds. The molecule has 4 rings (SSSR count). The van der Waals surface area contributed by atoms with Crippen molar-refractivity contribution in [3.63, 3.8) is 0 Å². The first-order valence-corrected chi connectivity index (χ1v) is 9.29. The average molecular weight is 347 g/mol. The maximum atomic E-state index is 6.17. The summed E-state index contributed by atoms with van der Waals surface area (Å²) in [4.78, 5) is 4.54. The number of ether oxygens (including phenoxy) is 1. The van der Waals surface area contributed by atoms with E-state index in [-0.39, 0.29) is 0 Å². The van der Waals surface area contributed by atoms with Gasteiger partial charge in [0.25, 0.3) is 0 Å². The number of rotatable bonds is 4. The van der Waals surface area contributed by atoms with Gasteiger partial charge in [-0.3, -0.25) is 0 Å². The van der Waals surface area contributed by atoms with Gasteiger partial charge in [0.05, 0.1) is 0 Å². The van der Waals surface area contributed by atoms with Gasteiger partial charge in [-0.15, -0.1) is 0 Å². The summed E-state index contributed by atoms with van der Waals surface area (Å²) < 4.78 is 6.17. The molecule has 26 heavy (non-hydrogen) atoms. The molecule has 2 aromatic carbocycles. The first-order chi connectivity index (χ1) is 12.7. The quantitative estimate of drug-likeness (QED) is 0.716. The zero-order chi connectivity index (χ0) is 17.9. The molecule has 0 bridgehead atoms. The minimum Gasteiger partial charge on any atom is -0.490 e. The fourth-order valence-electron chi connectivity index (χ4n) is 3.33. The molecular formula is C22H25N3O.